The fraction of sp³-hybridized carbons (Fsp3) is 0.429. The smallest absolute Gasteiger partial charge is 0.126 e. The zero-order valence-corrected chi connectivity index (χ0v) is 12.2. The van der Waals surface area contributed by atoms with Crippen LogP contribution in [0.4, 0.5) is 0 Å². The minimum atomic E-state index is -1.17. The molecule has 0 radical (unpaired) electrons. The van der Waals surface area contributed by atoms with Gasteiger partial charge in [-0.15, -0.1) is 0 Å². The quantitative estimate of drug-likeness (QED) is 0.709. The maximum Gasteiger partial charge on any atom is 0.126 e. The number of hydrogen-bond acceptors (Lipinski definition) is 1. The summed E-state index contributed by atoms with van der Waals surface area (Å²) >= 11 is 0. The van der Waals surface area contributed by atoms with Gasteiger partial charge >= 0.3 is 0 Å². The Bertz CT molecular complexity index is 400. The minimum absolute atomic E-state index is 0.970. The number of hydrogen-bond donors (Lipinski definition) is 0. The lowest BCUT2D eigenvalue weighted by Crippen LogP contribution is -2.16. The van der Waals surface area contributed by atoms with E-state index in [9.17, 15) is 0 Å². The van der Waals surface area contributed by atoms with Gasteiger partial charge in [-0.3, -0.25) is 0 Å². The van der Waals surface area contributed by atoms with E-state index in [1.807, 2.05) is 6.07 Å². The summed E-state index contributed by atoms with van der Waals surface area (Å²) in [6.45, 7) is 11.3. The summed E-state index contributed by atoms with van der Waals surface area (Å²) < 4.78 is 5.41. The largest absolute Gasteiger partial charge is 0.496 e. The van der Waals surface area contributed by atoms with Crippen molar-refractivity contribution in [3.63, 3.8) is 0 Å². The van der Waals surface area contributed by atoms with E-state index in [-0.39, 0.29) is 0 Å². The van der Waals surface area contributed by atoms with Crippen LogP contribution in [0, 0.1) is 6.92 Å². The Balaban J connectivity index is 3.21. The van der Waals surface area contributed by atoms with Crippen LogP contribution in [0.25, 0.3) is 5.57 Å². The van der Waals surface area contributed by atoms with Crippen molar-refractivity contribution in [3.05, 3.63) is 35.0 Å². The summed E-state index contributed by atoms with van der Waals surface area (Å²) in [5.41, 5.74) is 6.26. The van der Waals surface area contributed by atoms with Gasteiger partial charge in [0, 0.05) is 5.56 Å². The third kappa shape index (κ3) is 3.53. The van der Waals surface area contributed by atoms with Crippen molar-refractivity contribution in [1.29, 1.82) is 0 Å². The number of rotatable bonds is 3. The molecule has 0 amide bonds. The van der Waals surface area contributed by atoms with Crippen LogP contribution in [0.2, 0.25) is 19.6 Å². The Morgan fingerprint density at radius 1 is 1.25 bits per heavy atom. The van der Waals surface area contributed by atoms with Crippen LogP contribution in [0.5, 0.6) is 5.75 Å². The molecule has 1 rings (SSSR count). The molecule has 0 aromatic heterocycles. The van der Waals surface area contributed by atoms with Crippen molar-refractivity contribution in [2.24, 2.45) is 0 Å². The molecular formula is C14H22OSi. The molecule has 16 heavy (non-hydrogen) atoms. The summed E-state index contributed by atoms with van der Waals surface area (Å²) in [5.74, 6) is 0.970. The first-order valence-corrected chi connectivity index (χ1v) is 9.26. The number of allylic oxidation sites excluding steroid dienone is 1. The average Bonchev–Trinajstić information content (AvgIpc) is 2.15. The third-order valence-corrected chi connectivity index (χ3v) is 3.73. The maximum absolute atomic E-state index is 5.41. The molecule has 2 heteroatoms. The second-order valence-corrected chi connectivity index (χ2v) is 10.4. The van der Waals surface area contributed by atoms with E-state index in [0.29, 0.717) is 0 Å². The Labute approximate surface area is 100 Å². The molecule has 0 spiro atoms. The molecule has 1 nitrogen and oxygen atoms in total. The van der Waals surface area contributed by atoms with Crippen molar-refractivity contribution < 1.29 is 4.74 Å². The van der Waals surface area contributed by atoms with E-state index in [1.54, 1.807) is 7.11 Å². The molecule has 88 valence electrons. The van der Waals surface area contributed by atoms with Crippen molar-refractivity contribution in [3.8, 4) is 5.75 Å². The first-order valence-electron chi connectivity index (χ1n) is 5.68. The zero-order valence-electron chi connectivity index (χ0n) is 11.2. The second kappa shape index (κ2) is 4.87. The molecule has 1 aromatic rings. The highest BCUT2D eigenvalue weighted by atomic mass is 28.3. The molecule has 0 fully saturated rings. The molecule has 0 aliphatic rings. The predicted molar refractivity (Wildman–Crippen MR) is 74.7 cm³/mol. The number of ether oxygens (including phenoxy) is 1. The summed E-state index contributed by atoms with van der Waals surface area (Å²) in [6, 6.07) is 6.33. The van der Waals surface area contributed by atoms with E-state index in [4.69, 9.17) is 4.74 Å². The molecule has 0 heterocycles. The van der Waals surface area contributed by atoms with Gasteiger partial charge in [0.1, 0.15) is 5.75 Å². The fourth-order valence-corrected chi connectivity index (χ4v) is 3.31. The van der Waals surface area contributed by atoms with Crippen LogP contribution in [0.1, 0.15) is 18.1 Å². The molecule has 0 saturated heterocycles. The molecular weight excluding hydrogens is 212 g/mol. The van der Waals surface area contributed by atoms with E-state index in [1.165, 1.54) is 16.7 Å². The normalized spacial score (nSPS) is 12.8. The molecule has 0 aliphatic carbocycles. The first-order chi connectivity index (χ1) is 7.33. The number of aryl methyl sites for hydroxylation is 1. The van der Waals surface area contributed by atoms with Crippen molar-refractivity contribution in [1.82, 2.24) is 0 Å². The van der Waals surface area contributed by atoms with Crippen molar-refractivity contribution >= 4 is 13.6 Å². The van der Waals surface area contributed by atoms with Crippen LogP contribution in [0.3, 0.4) is 0 Å². The van der Waals surface area contributed by atoms with Crippen LogP contribution >= 0.6 is 0 Å². The van der Waals surface area contributed by atoms with Gasteiger partial charge < -0.3 is 4.74 Å². The van der Waals surface area contributed by atoms with Gasteiger partial charge in [-0.2, -0.15) is 0 Å². The van der Waals surface area contributed by atoms with E-state index >= 15 is 0 Å². The topological polar surface area (TPSA) is 9.23 Å². The lowest BCUT2D eigenvalue weighted by Gasteiger charge is -2.15. The fourth-order valence-electron chi connectivity index (χ4n) is 1.86. The Kier molecular flexibility index (Phi) is 3.97. The molecule has 0 bridgehead atoms. The van der Waals surface area contributed by atoms with Gasteiger partial charge in [0.25, 0.3) is 0 Å². The first kappa shape index (κ1) is 13.0. The lowest BCUT2D eigenvalue weighted by molar-refractivity contribution is 0.413. The Morgan fingerprint density at radius 2 is 1.88 bits per heavy atom. The van der Waals surface area contributed by atoms with Crippen LogP contribution < -0.4 is 4.74 Å². The monoisotopic (exact) mass is 234 g/mol. The van der Waals surface area contributed by atoms with Gasteiger partial charge in [-0.05, 0) is 31.6 Å². The van der Waals surface area contributed by atoms with E-state index in [2.05, 4.69) is 51.3 Å². The van der Waals surface area contributed by atoms with Gasteiger partial charge in [-0.1, -0.05) is 37.0 Å². The highest BCUT2D eigenvalue weighted by Gasteiger charge is 2.12. The molecule has 0 atom stereocenters. The summed E-state index contributed by atoms with van der Waals surface area (Å²) in [6.07, 6.45) is 0. The summed E-state index contributed by atoms with van der Waals surface area (Å²) in [4.78, 5) is 0. The molecule has 0 N–H and O–H groups in total. The standard InChI is InChI=1S/C14H22OSi/c1-11-7-8-14(15-3)13(9-11)12(2)10-16(4,5)6/h7-10H,1-6H3. The molecule has 1 aromatic carbocycles. The SMILES string of the molecule is COc1ccc(C)cc1C(C)=C[Si](C)(C)C. The predicted octanol–water partition coefficient (Wildman–Crippen LogP) is 4.28. The highest BCUT2D eigenvalue weighted by Crippen LogP contribution is 2.28. The Morgan fingerprint density at radius 3 is 2.38 bits per heavy atom. The van der Waals surface area contributed by atoms with Gasteiger partial charge in [-0.25, -0.2) is 0 Å². The summed E-state index contributed by atoms with van der Waals surface area (Å²) in [5, 5.41) is 0. The lowest BCUT2D eigenvalue weighted by atomic mass is 10.1. The zero-order chi connectivity index (χ0) is 12.3. The average molecular weight is 234 g/mol. The van der Waals surface area contributed by atoms with Crippen molar-refractivity contribution in [2.75, 3.05) is 7.11 Å². The van der Waals surface area contributed by atoms with Gasteiger partial charge in [0.2, 0.25) is 0 Å². The van der Waals surface area contributed by atoms with E-state index in [0.717, 1.165) is 5.75 Å². The second-order valence-electron chi connectivity index (χ2n) is 5.40. The number of benzene rings is 1. The van der Waals surface area contributed by atoms with E-state index < -0.39 is 8.07 Å². The van der Waals surface area contributed by atoms with Crippen LogP contribution in [-0.2, 0) is 0 Å². The highest BCUT2D eigenvalue weighted by molar-refractivity contribution is 6.81. The third-order valence-electron chi connectivity index (χ3n) is 2.43. The van der Waals surface area contributed by atoms with Gasteiger partial charge in [0.15, 0.2) is 0 Å². The van der Waals surface area contributed by atoms with Gasteiger partial charge in [0.05, 0.1) is 15.2 Å². The minimum Gasteiger partial charge on any atom is -0.496 e. The molecule has 0 saturated carbocycles. The molecule has 0 unspecified atom stereocenters. The Hall–Kier alpha value is -1.02. The van der Waals surface area contributed by atoms with Crippen molar-refractivity contribution in [2.45, 2.75) is 33.5 Å². The molecule has 0 aliphatic heterocycles. The summed E-state index contributed by atoms with van der Waals surface area (Å²) in [7, 11) is 0.558. The van der Waals surface area contributed by atoms with Crippen LogP contribution in [-0.4, -0.2) is 15.2 Å². The maximum atomic E-state index is 5.41. The number of methoxy groups -OCH3 is 1. The van der Waals surface area contributed by atoms with Crippen LogP contribution in [0.15, 0.2) is 23.9 Å².